The van der Waals surface area contributed by atoms with Crippen molar-refractivity contribution in [3.63, 3.8) is 0 Å². The highest BCUT2D eigenvalue weighted by molar-refractivity contribution is 5.19. The number of rotatable bonds is 3. The zero-order chi connectivity index (χ0) is 13.0. The van der Waals surface area contributed by atoms with E-state index >= 15 is 0 Å². The van der Waals surface area contributed by atoms with E-state index < -0.39 is 11.6 Å². The van der Waals surface area contributed by atoms with Gasteiger partial charge in [-0.2, -0.15) is 0 Å². The van der Waals surface area contributed by atoms with Crippen molar-refractivity contribution in [2.45, 2.75) is 38.3 Å². The first kappa shape index (κ1) is 13.4. The molecular formula is C14H19F2NO. The van der Waals surface area contributed by atoms with Gasteiger partial charge in [0.1, 0.15) is 0 Å². The highest BCUT2D eigenvalue weighted by Crippen LogP contribution is 2.21. The molecule has 1 aliphatic rings. The quantitative estimate of drug-likeness (QED) is 0.897. The lowest BCUT2D eigenvalue weighted by Crippen LogP contribution is -2.37. The lowest BCUT2D eigenvalue weighted by Gasteiger charge is -2.28. The summed E-state index contributed by atoms with van der Waals surface area (Å²) in [4.78, 5) is 2.06. The molecule has 0 aliphatic carbocycles. The van der Waals surface area contributed by atoms with Crippen LogP contribution in [0.4, 0.5) is 8.78 Å². The Morgan fingerprint density at radius 1 is 1.22 bits per heavy atom. The molecule has 1 aliphatic heterocycles. The average molecular weight is 255 g/mol. The highest BCUT2D eigenvalue weighted by Gasteiger charge is 2.21. The standard InChI is InChI=1S/C14H19F2NO/c15-13-7-4-5-11(14(13)16)9-17-8-3-1-2-6-12(17)10-18/h4-5,7,12,18H,1-3,6,8-10H2. The summed E-state index contributed by atoms with van der Waals surface area (Å²) in [7, 11) is 0. The molecule has 0 aromatic heterocycles. The summed E-state index contributed by atoms with van der Waals surface area (Å²) in [6.07, 6.45) is 4.20. The second-order valence-electron chi connectivity index (χ2n) is 4.87. The summed E-state index contributed by atoms with van der Waals surface area (Å²) in [5, 5.41) is 9.38. The van der Waals surface area contributed by atoms with Crippen LogP contribution in [0.1, 0.15) is 31.2 Å². The van der Waals surface area contributed by atoms with E-state index in [9.17, 15) is 13.9 Å². The zero-order valence-electron chi connectivity index (χ0n) is 10.4. The molecule has 0 bridgehead atoms. The maximum atomic E-state index is 13.6. The van der Waals surface area contributed by atoms with Crippen LogP contribution in [0.25, 0.3) is 0 Å². The van der Waals surface area contributed by atoms with Crippen molar-refractivity contribution >= 4 is 0 Å². The van der Waals surface area contributed by atoms with Gasteiger partial charge in [-0.25, -0.2) is 8.78 Å². The number of hydrogen-bond donors (Lipinski definition) is 1. The van der Waals surface area contributed by atoms with Gasteiger partial charge in [0.2, 0.25) is 0 Å². The van der Waals surface area contributed by atoms with E-state index in [2.05, 4.69) is 4.90 Å². The predicted octanol–water partition coefficient (Wildman–Crippen LogP) is 2.70. The Morgan fingerprint density at radius 3 is 2.83 bits per heavy atom. The smallest absolute Gasteiger partial charge is 0.163 e. The van der Waals surface area contributed by atoms with Crippen molar-refractivity contribution in [1.82, 2.24) is 4.90 Å². The van der Waals surface area contributed by atoms with Gasteiger partial charge >= 0.3 is 0 Å². The van der Waals surface area contributed by atoms with E-state index in [4.69, 9.17) is 0 Å². The summed E-state index contributed by atoms with van der Waals surface area (Å²) in [6, 6.07) is 4.33. The average Bonchev–Trinajstić information content (AvgIpc) is 2.60. The Morgan fingerprint density at radius 2 is 2.06 bits per heavy atom. The van der Waals surface area contributed by atoms with Gasteiger partial charge in [-0.1, -0.05) is 25.0 Å². The largest absolute Gasteiger partial charge is 0.395 e. The monoisotopic (exact) mass is 255 g/mol. The second-order valence-corrected chi connectivity index (χ2v) is 4.87. The van der Waals surface area contributed by atoms with Crippen molar-refractivity contribution in [2.24, 2.45) is 0 Å². The summed E-state index contributed by atoms with van der Waals surface area (Å²) in [6.45, 7) is 1.28. The van der Waals surface area contributed by atoms with E-state index in [1.165, 1.54) is 6.07 Å². The number of likely N-dealkylation sites (tertiary alicyclic amines) is 1. The fourth-order valence-electron chi connectivity index (χ4n) is 2.54. The molecule has 1 N–H and O–H groups in total. The van der Waals surface area contributed by atoms with Crippen molar-refractivity contribution in [3.8, 4) is 0 Å². The highest BCUT2D eigenvalue weighted by atomic mass is 19.2. The van der Waals surface area contributed by atoms with Crippen LogP contribution in [0, 0.1) is 11.6 Å². The summed E-state index contributed by atoms with van der Waals surface area (Å²) in [5.41, 5.74) is 0.371. The van der Waals surface area contributed by atoms with Gasteiger partial charge in [0.25, 0.3) is 0 Å². The molecule has 4 heteroatoms. The van der Waals surface area contributed by atoms with Crippen LogP contribution in [0.2, 0.25) is 0 Å². The number of benzene rings is 1. The Bertz CT molecular complexity index is 397. The lowest BCUT2D eigenvalue weighted by molar-refractivity contribution is 0.117. The third-order valence-electron chi connectivity index (χ3n) is 3.61. The van der Waals surface area contributed by atoms with Crippen molar-refractivity contribution in [2.75, 3.05) is 13.2 Å². The van der Waals surface area contributed by atoms with Gasteiger partial charge in [-0.05, 0) is 25.5 Å². The Kier molecular flexibility index (Phi) is 4.66. The first-order chi connectivity index (χ1) is 8.72. The molecule has 1 aromatic carbocycles. The van der Waals surface area contributed by atoms with E-state index in [0.717, 1.165) is 38.3 Å². The minimum Gasteiger partial charge on any atom is -0.395 e. The van der Waals surface area contributed by atoms with Crippen LogP contribution in [0.3, 0.4) is 0 Å². The van der Waals surface area contributed by atoms with Gasteiger partial charge in [0.05, 0.1) is 6.61 Å². The molecule has 1 saturated heterocycles. The summed E-state index contributed by atoms with van der Waals surface area (Å²) < 4.78 is 26.8. The molecule has 18 heavy (non-hydrogen) atoms. The third kappa shape index (κ3) is 3.06. The molecule has 0 amide bonds. The van der Waals surface area contributed by atoms with Crippen LogP contribution in [0.15, 0.2) is 18.2 Å². The molecule has 1 unspecified atom stereocenters. The van der Waals surface area contributed by atoms with Gasteiger partial charge in [-0.3, -0.25) is 4.90 Å². The topological polar surface area (TPSA) is 23.5 Å². The number of halogens is 2. The van der Waals surface area contributed by atoms with E-state index in [1.807, 2.05) is 0 Å². The SMILES string of the molecule is OCC1CCCCCN1Cc1cccc(F)c1F. The fraction of sp³-hybridized carbons (Fsp3) is 0.571. The van der Waals surface area contributed by atoms with Gasteiger partial charge in [-0.15, -0.1) is 0 Å². The molecule has 0 radical (unpaired) electrons. The van der Waals surface area contributed by atoms with E-state index in [1.54, 1.807) is 6.07 Å². The minimum atomic E-state index is -0.803. The van der Waals surface area contributed by atoms with Crippen LogP contribution in [0.5, 0.6) is 0 Å². The molecule has 1 aromatic rings. The van der Waals surface area contributed by atoms with E-state index in [-0.39, 0.29) is 12.6 Å². The van der Waals surface area contributed by atoms with Gasteiger partial charge < -0.3 is 5.11 Å². The van der Waals surface area contributed by atoms with Crippen molar-refractivity contribution in [1.29, 1.82) is 0 Å². The molecule has 2 rings (SSSR count). The van der Waals surface area contributed by atoms with Crippen molar-refractivity contribution in [3.05, 3.63) is 35.4 Å². The summed E-state index contributed by atoms with van der Waals surface area (Å²) >= 11 is 0. The number of aliphatic hydroxyl groups excluding tert-OH is 1. The number of hydrogen-bond acceptors (Lipinski definition) is 2. The third-order valence-corrected chi connectivity index (χ3v) is 3.61. The fourth-order valence-corrected chi connectivity index (χ4v) is 2.54. The normalized spacial score (nSPS) is 21.8. The number of nitrogens with zero attached hydrogens (tertiary/aromatic N) is 1. The molecule has 1 heterocycles. The van der Waals surface area contributed by atoms with Gasteiger partial charge in [0, 0.05) is 18.2 Å². The van der Waals surface area contributed by atoms with Crippen LogP contribution in [-0.2, 0) is 6.54 Å². The molecule has 1 atom stereocenters. The lowest BCUT2D eigenvalue weighted by atomic mass is 10.1. The first-order valence-corrected chi connectivity index (χ1v) is 6.50. The van der Waals surface area contributed by atoms with E-state index in [0.29, 0.717) is 12.1 Å². The maximum Gasteiger partial charge on any atom is 0.163 e. The Labute approximate surface area is 106 Å². The number of aliphatic hydroxyl groups is 1. The molecule has 0 saturated carbocycles. The zero-order valence-corrected chi connectivity index (χ0v) is 10.4. The maximum absolute atomic E-state index is 13.6. The second kappa shape index (κ2) is 6.25. The van der Waals surface area contributed by atoms with Crippen LogP contribution < -0.4 is 0 Å². The van der Waals surface area contributed by atoms with Crippen LogP contribution >= 0.6 is 0 Å². The summed E-state index contributed by atoms with van der Waals surface area (Å²) in [5.74, 6) is -1.57. The van der Waals surface area contributed by atoms with Crippen molar-refractivity contribution < 1.29 is 13.9 Å². The molecular weight excluding hydrogens is 236 g/mol. The predicted molar refractivity (Wildman–Crippen MR) is 66.1 cm³/mol. The molecule has 100 valence electrons. The van der Waals surface area contributed by atoms with Gasteiger partial charge in [0.15, 0.2) is 11.6 Å². The minimum absolute atomic E-state index is 0.0650. The first-order valence-electron chi connectivity index (χ1n) is 6.50. The Balaban J connectivity index is 2.12. The molecule has 2 nitrogen and oxygen atoms in total. The molecule has 0 spiro atoms. The Hall–Kier alpha value is -1.00. The van der Waals surface area contributed by atoms with Crippen LogP contribution in [-0.4, -0.2) is 29.2 Å². The molecule has 1 fully saturated rings.